The van der Waals surface area contributed by atoms with Gasteiger partial charge in [0.1, 0.15) is 0 Å². The van der Waals surface area contributed by atoms with Gasteiger partial charge >= 0.3 is 11.9 Å². The second kappa shape index (κ2) is 8.10. The maximum absolute atomic E-state index is 12.1. The molecule has 2 rings (SSSR count). The Bertz CT molecular complexity index is 813. The number of para-hydroxylation sites is 1. The summed E-state index contributed by atoms with van der Waals surface area (Å²) in [5.41, 5.74) is 2.71. The van der Waals surface area contributed by atoms with Gasteiger partial charge in [-0.05, 0) is 43.2 Å². The summed E-state index contributed by atoms with van der Waals surface area (Å²) in [5.74, 6) is -1.68. The summed E-state index contributed by atoms with van der Waals surface area (Å²) in [6.45, 7) is 3.25. The molecule has 25 heavy (non-hydrogen) atoms. The number of hydrogen-bond acceptors (Lipinski definition) is 5. The summed E-state index contributed by atoms with van der Waals surface area (Å²) in [6.07, 6.45) is 0. The lowest BCUT2D eigenvalue weighted by atomic mass is 10.0. The molecule has 0 aromatic heterocycles. The zero-order chi connectivity index (χ0) is 18.4. The highest BCUT2D eigenvalue weighted by molar-refractivity contribution is 6.02. The molecule has 0 unspecified atom stereocenters. The Hall–Kier alpha value is -3.15. The van der Waals surface area contributed by atoms with Crippen LogP contribution in [-0.4, -0.2) is 31.6 Å². The van der Waals surface area contributed by atoms with Crippen molar-refractivity contribution in [2.75, 3.05) is 19.0 Å². The van der Waals surface area contributed by atoms with Crippen molar-refractivity contribution in [2.24, 2.45) is 0 Å². The van der Waals surface area contributed by atoms with Gasteiger partial charge in [0.15, 0.2) is 6.61 Å². The highest BCUT2D eigenvalue weighted by atomic mass is 16.5. The first-order chi connectivity index (χ1) is 11.9. The summed E-state index contributed by atoms with van der Waals surface area (Å²) in [5, 5.41) is 2.54. The van der Waals surface area contributed by atoms with Crippen LogP contribution in [0.5, 0.6) is 0 Å². The summed E-state index contributed by atoms with van der Waals surface area (Å²) < 4.78 is 9.72. The standard InChI is InChI=1S/C19H19NO5/c1-12-7-6-9-14(13(12)2)19(23)25-11-17(21)20-16-10-5-4-8-15(16)18(22)24-3/h4-10H,11H2,1-3H3,(H,20,21). The monoisotopic (exact) mass is 341 g/mol. The van der Waals surface area contributed by atoms with Crippen molar-refractivity contribution in [2.45, 2.75) is 13.8 Å². The minimum Gasteiger partial charge on any atom is -0.465 e. The fraction of sp³-hybridized carbons (Fsp3) is 0.211. The zero-order valence-electron chi connectivity index (χ0n) is 14.3. The van der Waals surface area contributed by atoms with Crippen molar-refractivity contribution < 1.29 is 23.9 Å². The van der Waals surface area contributed by atoms with Crippen LogP contribution in [0.1, 0.15) is 31.8 Å². The van der Waals surface area contributed by atoms with E-state index in [0.717, 1.165) is 11.1 Å². The molecular formula is C19H19NO5. The van der Waals surface area contributed by atoms with E-state index in [4.69, 9.17) is 4.74 Å². The number of methoxy groups -OCH3 is 1. The predicted molar refractivity (Wildman–Crippen MR) is 92.6 cm³/mol. The second-order valence-corrected chi connectivity index (χ2v) is 5.41. The normalized spacial score (nSPS) is 10.0. The smallest absolute Gasteiger partial charge is 0.339 e. The lowest BCUT2D eigenvalue weighted by Crippen LogP contribution is -2.22. The van der Waals surface area contributed by atoms with E-state index < -0.39 is 24.5 Å². The van der Waals surface area contributed by atoms with Crippen LogP contribution >= 0.6 is 0 Å². The van der Waals surface area contributed by atoms with Crippen molar-refractivity contribution in [1.82, 2.24) is 0 Å². The number of esters is 2. The molecular weight excluding hydrogens is 322 g/mol. The quantitative estimate of drug-likeness (QED) is 0.846. The van der Waals surface area contributed by atoms with Crippen LogP contribution in [0.2, 0.25) is 0 Å². The molecule has 2 aromatic rings. The molecule has 0 saturated carbocycles. The lowest BCUT2D eigenvalue weighted by Gasteiger charge is -2.11. The molecule has 130 valence electrons. The Balaban J connectivity index is 2.01. The van der Waals surface area contributed by atoms with Gasteiger partial charge in [0.2, 0.25) is 0 Å². The number of aryl methyl sites for hydroxylation is 1. The van der Waals surface area contributed by atoms with Gasteiger partial charge in [-0.3, -0.25) is 4.79 Å². The van der Waals surface area contributed by atoms with Gasteiger partial charge in [0, 0.05) is 0 Å². The van der Waals surface area contributed by atoms with Crippen LogP contribution in [0.3, 0.4) is 0 Å². The molecule has 6 nitrogen and oxygen atoms in total. The van der Waals surface area contributed by atoms with E-state index in [0.29, 0.717) is 11.3 Å². The van der Waals surface area contributed by atoms with Gasteiger partial charge in [0.05, 0.1) is 23.9 Å². The molecule has 0 saturated heterocycles. The summed E-state index contributed by atoms with van der Waals surface area (Å²) in [7, 11) is 1.26. The average Bonchev–Trinajstić information content (AvgIpc) is 2.61. The molecule has 0 atom stereocenters. The molecule has 0 fully saturated rings. The van der Waals surface area contributed by atoms with Crippen LogP contribution in [0.4, 0.5) is 5.69 Å². The SMILES string of the molecule is COC(=O)c1ccccc1NC(=O)COC(=O)c1cccc(C)c1C. The van der Waals surface area contributed by atoms with Crippen molar-refractivity contribution in [3.63, 3.8) is 0 Å². The maximum Gasteiger partial charge on any atom is 0.339 e. The predicted octanol–water partition coefficient (Wildman–Crippen LogP) is 2.89. The lowest BCUT2D eigenvalue weighted by molar-refractivity contribution is -0.119. The first kappa shape index (κ1) is 18.2. The summed E-state index contributed by atoms with van der Waals surface area (Å²) in [4.78, 5) is 35.8. The van der Waals surface area contributed by atoms with Crippen molar-refractivity contribution in [1.29, 1.82) is 0 Å². The fourth-order valence-corrected chi connectivity index (χ4v) is 2.25. The number of benzene rings is 2. The van der Waals surface area contributed by atoms with Crippen LogP contribution in [0.15, 0.2) is 42.5 Å². The summed E-state index contributed by atoms with van der Waals surface area (Å²) in [6, 6.07) is 11.7. The van der Waals surface area contributed by atoms with Crippen LogP contribution in [-0.2, 0) is 14.3 Å². The minimum atomic E-state index is -0.572. The molecule has 0 bridgehead atoms. The average molecular weight is 341 g/mol. The zero-order valence-corrected chi connectivity index (χ0v) is 14.3. The van der Waals surface area contributed by atoms with Gasteiger partial charge in [-0.2, -0.15) is 0 Å². The van der Waals surface area contributed by atoms with Gasteiger partial charge < -0.3 is 14.8 Å². The number of hydrogen-bond donors (Lipinski definition) is 1. The number of anilines is 1. The van der Waals surface area contributed by atoms with E-state index in [1.54, 1.807) is 30.3 Å². The molecule has 0 radical (unpaired) electrons. The molecule has 0 aliphatic carbocycles. The molecule has 1 N–H and O–H groups in total. The Labute approximate surface area is 145 Å². The van der Waals surface area contributed by atoms with Gasteiger partial charge in [-0.15, -0.1) is 0 Å². The third-order valence-electron chi connectivity index (χ3n) is 3.77. The van der Waals surface area contributed by atoms with E-state index in [-0.39, 0.29) is 5.56 Å². The fourth-order valence-electron chi connectivity index (χ4n) is 2.25. The number of carbonyl (C=O) groups excluding carboxylic acids is 3. The van der Waals surface area contributed by atoms with Crippen molar-refractivity contribution in [3.05, 3.63) is 64.7 Å². The summed E-state index contributed by atoms with van der Waals surface area (Å²) >= 11 is 0. The third-order valence-corrected chi connectivity index (χ3v) is 3.77. The maximum atomic E-state index is 12.1. The third kappa shape index (κ3) is 4.44. The number of amides is 1. The molecule has 0 heterocycles. The first-order valence-electron chi connectivity index (χ1n) is 7.64. The minimum absolute atomic E-state index is 0.221. The van der Waals surface area contributed by atoms with E-state index >= 15 is 0 Å². The Morgan fingerprint density at radius 3 is 2.32 bits per heavy atom. The highest BCUT2D eigenvalue weighted by Gasteiger charge is 2.16. The van der Waals surface area contributed by atoms with Crippen LogP contribution in [0.25, 0.3) is 0 Å². The van der Waals surface area contributed by atoms with Crippen LogP contribution in [0, 0.1) is 13.8 Å². The molecule has 0 aliphatic rings. The number of ether oxygens (including phenoxy) is 2. The topological polar surface area (TPSA) is 81.7 Å². The molecule has 6 heteroatoms. The van der Waals surface area contributed by atoms with Crippen molar-refractivity contribution in [3.8, 4) is 0 Å². The van der Waals surface area contributed by atoms with E-state index in [2.05, 4.69) is 10.1 Å². The number of nitrogens with one attached hydrogen (secondary N) is 1. The van der Waals surface area contributed by atoms with Gasteiger partial charge in [-0.1, -0.05) is 24.3 Å². The largest absolute Gasteiger partial charge is 0.465 e. The Morgan fingerprint density at radius 1 is 0.920 bits per heavy atom. The molecule has 0 aliphatic heterocycles. The second-order valence-electron chi connectivity index (χ2n) is 5.41. The molecule has 2 aromatic carbocycles. The number of carbonyl (C=O) groups is 3. The van der Waals surface area contributed by atoms with E-state index in [1.807, 2.05) is 19.9 Å². The Kier molecular flexibility index (Phi) is 5.89. The van der Waals surface area contributed by atoms with Gasteiger partial charge in [-0.25, -0.2) is 9.59 Å². The first-order valence-corrected chi connectivity index (χ1v) is 7.64. The molecule has 1 amide bonds. The van der Waals surface area contributed by atoms with E-state index in [9.17, 15) is 14.4 Å². The van der Waals surface area contributed by atoms with Crippen molar-refractivity contribution >= 4 is 23.5 Å². The number of rotatable bonds is 5. The van der Waals surface area contributed by atoms with Gasteiger partial charge in [0.25, 0.3) is 5.91 Å². The Morgan fingerprint density at radius 2 is 1.60 bits per heavy atom. The van der Waals surface area contributed by atoms with Crippen LogP contribution < -0.4 is 5.32 Å². The molecule has 0 spiro atoms. The highest BCUT2D eigenvalue weighted by Crippen LogP contribution is 2.16. The van der Waals surface area contributed by atoms with E-state index in [1.165, 1.54) is 13.2 Å².